The van der Waals surface area contributed by atoms with Crippen LogP contribution in [0.3, 0.4) is 0 Å². The molecule has 0 fully saturated rings. The van der Waals surface area contributed by atoms with Crippen molar-refractivity contribution in [3.63, 3.8) is 0 Å². The van der Waals surface area contributed by atoms with Crippen LogP contribution in [0.1, 0.15) is 12.0 Å². The van der Waals surface area contributed by atoms with E-state index in [0.29, 0.717) is 24.3 Å². The maximum atomic E-state index is 12.4. The number of carbonyl (C=O) groups excluding carboxylic acids is 1. The Bertz CT molecular complexity index is 1220. The number of aromatic nitrogens is 1. The summed E-state index contributed by atoms with van der Waals surface area (Å²) in [4.78, 5) is 12.4. The Morgan fingerprint density at radius 2 is 1.83 bits per heavy atom. The lowest BCUT2D eigenvalue weighted by Gasteiger charge is -2.10. The monoisotopic (exact) mass is 408 g/mol. The van der Waals surface area contributed by atoms with E-state index in [-0.39, 0.29) is 5.91 Å². The number of hydrogen-bond acceptors (Lipinski definition) is 4. The topological polar surface area (TPSA) is 104 Å². The van der Waals surface area contributed by atoms with Crippen LogP contribution >= 0.6 is 0 Å². The van der Waals surface area contributed by atoms with Crippen molar-refractivity contribution in [1.29, 1.82) is 5.26 Å². The molecule has 1 aromatic heterocycles. The predicted molar refractivity (Wildman–Crippen MR) is 115 cm³/mol. The Hall–Kier alpha value is -3.57. The molecule has 0 unspecified atom stereocenters. The van der Waals surface area contributed by atoms with Gasteiger partial charge in [0.15, 0.2) is 0 Å². The van der Waals surface area contributed by atoms with Crippen LogP contribution in [-0.2, 0) is 21.4 Å². The second-order valence-corrected chi connectivity index (χ2v) is 8.19. The van der Waals surface area contributed by atoms with Crippen LogP contribution in [0.4, 0.5) is 11.4 Å². The molecule has 148 valence electrons. The lowest BCUT2D eigenvalue weighted by atomic mass is 10.1. The summed E-state index contributed by atoms with van der Waals surface area (Å²) < 4.78 is 27.3. The van der Waals surface area contributed by atoms with Gasteiger partial charge in [0.25, 0.3) is 0 Å². The molecule has 7 nitrogen and oxygen atoms in total. The second-order valence-electron chi connectivity index (χ2n) is 6.45. The van der Waals surface area contributed by atoms with Crippen LogP contribution in [0.2, 0.25) is 0 Å². The van der Waals surface area contributed by atoms with Crippen molar-refractivity contribution in [1.82, 2.24) is 4.57 Å². The fourth-order valence-electron chi connectivity index (χ4n) is 2.98. The molecule has 29 heavy (non-hydrogen) atoms. The molecule has 0 aliphatic heterocycles. The van der Waals surface area contributed by atoms with Gasteiger partial charge >= 0.3 is 0 Å². The molecule has 0 aliphatic carbocycles. The summed E-state index contributed by atoms with van der Waals surface area (Å²) in [5.74, 6) is -0.387. The number of para-hydroxylation sites is 3. The molecular formula is C21H20N4O3S. The molecule has 0 bridgehead atoms. The fraction of sp³-hybridized carbons (Fsp3) is 0.143. The van der Waals surface area contributed by atoms with Crippen molar-refractivity contribution in [2.24, 2.45) is 0 Å². The number of rotatable bonds is 7. The Morgan fingerprint density at radius 3 is 2.55 bits per heavy atom. The minimum absolute atomic E-state index is 0.296. The predicted octanol–water partition coefficient (Wildman–Crippen LogP) is 3.58. The van der Waals surface area contributed by atoms with Gasteiger partial charge in [0, 0.05) is 35.3 Å². The zero-order valence-corrected chi connectivity index (χ0v) is 16.6. The first-order valence-corrected chi connectivity index (χ1v) is 10.8. The Balaban J connectivity index is 1.81. The number of fused-ring (bicyclic) bond motifs is 1. The second kappa shape index (κ2) is 8.63. The molecule has 0 saturated carbocycles. The molecule has 8 heteroatoms. The zero-order valence-electron chi connectivity index (χ0n) is 15.8. The quantitative estimate of drug-likeness (QED) is 0.583. The number of nitriles is 1. The van der Waals surface area contributed by atoms with Gasteiger partial charge < -0.3 is 9.88 Å². The molecule has 0 saturated heterocycles. The number of nitrogens with zero attached hydrogens (tertiary/aromatic N) is 2. The van der Waals surface area contributed by atoms with Gasteiger partial charge in [-0.3, -0.25) is 9.52 Å². The van der Waals surface area contributed by atoms with Crippen LogP contribution in [0.5, 0.6) is 0 Å². The van der Waals surface area contributed by atoms with Crippen molar-refractivity contribution in [3.8, 4) is 6.07 Å². The Morgan fingerprint density at radius 1 is 1.14 bits per heavy atom. The number of carbonyl (C=O) groups is 1. The standard InChI is InChI=1S/C21H20N4O3S/c1-29(27,28)24-19-9-4-3-8-18(19)23-21(26)12-11-16-15-25(14-6-13-22)20-10-5-2-7-17(16)20/h2-5,7-12,15,24H,6,14H2,1H3,(H,23,26)/b12-11+. The molecule has 3 rings (SSSR count). The molecule has 1 heterocycles. The molecule has 2 N–H and O–H groups in total. The highest BCUT2D eigenvalue weighted by Crippen LogP contribution is 2.24. The molecular weight excluding hydrogens is 388 g/mol. The van der Waals surface area contributed by atoms with Gasteiger partial charge in [-0.1, -0.05) is 30.3 Å². The van der Waals surface area contributed by atoms with Gasteiger partial charge in [-0.2, -0.15) is 5.26 Å². The van der Waals surface area contributed by atoms with Crippen molar-refractivity contribution >= 4 is 44.3 Å². The van der Waals surface area contributed by atoms with E-state index in [9.17, 15) is 13.2 Å². The summed E-state index contributed by atoms with van der Waals surface area (Å²) >= 11 is 0. The summed E-state index contributed by atoms with van der Waals surface area (Å²) in [6, 6.07) is 16.5. The summed E-state index contributed by atoms with van der Waals surface area (Å²) in [6.07, 6.45) is 6.45. The first kappa shape index (κ1) is 20.2. The number of hydrogen-bond donors (Lipinski definition) is 2. The normalized spacial score (nSPS) is 11.4. The first-order valence-electron chi connectivity index (χ1n) is 8.88. The number of aryl methyl sites for hydroxylation is 1. The van der Waals surface area contributed by atoms with Crippen molar-refractivity contribution < 1.29 is 13.2 Å². The first-order chi connectivity index (χ1) is 13.9. The molecule has 3 aromatic rings. The largest absolute Gasteiger partial charge is 0.346 e. The van der Waals surface area contributed by atoms with Gasteiger partial charge in [0.1, 0.15) is 0 Å². The summed E-state index contributed by atoms with van der Waals surface area (Å²) in [5.41, 5.74) is 2.51. The Kier molecular flexibility index (Phi) is 6.00. The highest BCUT2D eigenvalue weighted by Gasteiger charge is 2.09. The molecule has 0 atom stereocenters. The van der Waals surface area contributed by atoms with Crippen LogP contribution in [0, 0.1) is 11.3 Å². The highest BCUT2D eigenvalue weighted by molar-refractivity contribution is 7.92. The minimum Gasteiger partial charge on any atom is -0.346 e. The number of amides is 1. The van der Waals surface area contributed by atoms with E-state index in [1.54, 1.807) is 30.3 Å². The van der Waals surface area contributed by atoms with Crippen LogP contribution < -0.4 is 10.0 Å². The van der Waals surface area contributed by atoms with E-state index in [1.807, 2.05) is 35.0 Å². The van der Waals surface area contributed by atoms with Crippen LogP contribution in [0.25, 0.3) is 17.0 Å². The number of nitrogens with one attached hydrogen (secondary N) is 2. The third-order valence-electron chi connectivity index (χ3n) is 4.18. The lowest BCUT2D eigenvalue weighted by molar-refractivity contribution is -0.111. The van der Waals surface area contributed by atoms with Crippen LogP contribution in [0.15, 0.2) is 60.8 Å². The van der Waals surface area contributed by atoms with Gasteiger partial charge in [0.2, 0.25) is 15.9 Å². The molecule has 1 amide bonds. The van der Waals surface area contributed by atoms with E-state index in [4.69, 9.17) is 5.26 Å². The molecule has 0 radical (unpaired) electrons. The molecule has 0 aliphatic rings. The summed E-state index contributed by atoms with van der Waals surface area (Å²) in [7, 11) is -3.47. The van der Waals surface area contributed by atoms with Crippen LogP contribution in [-0.4, -0.2) is 25.1 Å². The van der Waals surface area contributed by atoms with Gasteiger partial charge in [-0.15, -0.1) is 0 Å². The SMILES string of the molecule is CS(=O)(=O)Nc1ccccc1NC(=O)/C=C/c1cn(CCC#N)c2ccccc12. The maximum Gasteiger partial charge on any atom is 0.248 e. The van der Waals surface area contributed by atoms with E-state index < -0.39 is 10.0 Å². The summed E-state index contributed by atoms with van der Waals surface area (Å²) in [6.45, 7) is 0.571. The average Bonchev–Trinajstić information content (AvgIpc) is 3.03. The van der Waals surface area contributed by atoms with E-state index in [1.165, 1.54) is 6.08 Å². The number of sulfonamides is 1. The fourth-order valence-corrected chi connectivity index (χ4v) is 3.56. The summed E-state index contributed by atoms with van der Waals surface area (Å²) in [5, 5.41) is 12.5. The van der Waals surface area contributed by atoms with Gasteiger partial charge in [-0.25, -0.2) is 8.42 Å². The molecule has 0 spiro atoms. The number of anilines is 2. The van der Waals surface area contributed by atoms with E-state index in [2.05, 4.69) is 16.1 Å². The van der Waals surface area contributed by atoms with E-state index in [0.717, 1.165) is 22.7 Å². The zero-order chi connectivity index (χ0) is 20.9. The Labute approximate surface area is 169 Å². The van der Waals surface area contributed by atoms with E-state index >= 15 is 0 Å². The van der Waals surface area contributed by atoms with Crippen molar-refractivity contribution in [3.05, 3.63) is 66.4 Å². The van der Waals surface area contributed by atoms with Gasteiger partial charge in [0.05, 0.1) is 30.1 Å². The van der Waals surface area contributed by atoms with Gasteiger partial charge in [-0.05, 0) is 24.3 Å². The molecule has 2 aromatic carbocycles. The maximum absolute atomic E-state index is 12.4. The highest BCUT2D eigenvalue weighted by atomic mass is 32.2. The number of benzene rings is 2. The smallest absolute Gasteiger partial charge is 0.248 e. The minimum atomic E-state index is -3.47. The third kappa shape index (κ3) is 5.24. The average molecular weight is 408 g/mol. The lowest BCUT2D eigenvalue weighted by Crippen LogP contribution is -2.14. The van der Waals surface area contributed by atoms with Crippen molar-refractivity contribution in [2.75, 3.05) is 16.3 Å². The van der Waals surface area contributed by atoms with Crippen molar-refractivity contribution in [2.45, 2.75) is 13.0 Å². The third-order valence-corrected chi connectivity index (χ3v) is 4.77.